The predicted molar refractivity (Wildman–Crippen MR) is 99.5 cm³/mol. The number of nitrogens with one attached hydrogen (secondary N) is 1. The summed E-state index contributed by atoms with van der Waals surface area (Å²) in [7, 11) is 0. The number of aromatic nitrogens is 1. The van der Waals surface area contributed by atoms with Crippen molar-refractivity contribution < 1.29 is 14.6 Å². The highest BCUT2D eigenvalue weighted by atomic mass is 35.5. The van der Waals surface area contributed by atoms with Crippen molar-refractivity contribution in [1.29, 1.82) is 0 Å². The molecule has 0 aliphatic heterocycles. The standard InChI is InChI=1S/C20H17ClN2O3/c21-15-8-4-9-16(12-15)26-20-17(10-5-11-22-20)19(25)23-13-18(24)14-6-2-1-3-7-14/h1-12,18,24H,13H2,(H,23,25). The van der Waals surface area contributed by atoms with Crippen molar-refractivity contribution in [2.24, 2.45) is 0 Å². The number of ether oxygens (including phenoxy) is 1. The van der Waals surface area contributed by atoms with Crippen molar-refractivity contribution >= 4 is 17.5 Å². The van der Waals surface area contributed by atoms with E-state index in [4.69, 9.17) is 16.3 Å². The van der Waals surface area contributed by atoms with E-state index in [1.165, 1.54) is 6.20 Å². The van der Waals surface area contributed by atoms with E-state index in [2.05, 4.69) is 10.3 Å². The monoisotopic (exact) mass is 368 g/mol. The van der Waals surface area contributed by atoms with Crippen LogP contribution in [0, 0.1) is 0 Å². The number of carbonyl (C=O) groups is 1. The lowest BCUT2D eigenvalue weighted by Crippen LogP contribution is -2.28. The number of rotatable bonds is 6. The van der Waals surface area contributed by atoms with Gasteiger partial charge in [0, 0.05) is 17.8 Å². The molecule has 3 rings (SSSR count). The molecular formula is C20H17ClN2O3. The average Bonchev–Trinajstić information content (AvgIpc) is 2.67. The highest BCUT2D eigenvalue weighted by Crippen LogP contribution is 2.25. The van der Waals surface area contributed by atoms with E-state index < -0.39 is 6.10 Å². The van der Waals surface area contributed by atoms with Crippen LogP contribution in [-0.2, 0) is 0 Å². The molecule has 0 saturated carbocycles. The summed E-state index contributed by atoms with van der Waals surface area (Å²) < 4.78 is 5.68. The van der Waals surface area contributed by atoms with Gasteiger partial charge in [-0.25, -0.2) is 4.98 Å². The molecule has 0 saturated heterocycles. The van der Waals surface area contributed by atoms with Crippen LogP contribution in [0.2, 0.25) is 5.02 Å². The summed E-state index contributed by atoms with van der Waals surface area (Å²) in [5.74, 6) is 0.265. The fourth-order valence-electron chi connectivity index (χ4n) is 2.36. The highest BCUT2D eigenvalue weighted by Gasteiger charge is 2.16. The molecule has 1 amide bonds. The van der Waals surface area contributed by atoms with Crippen LogP contribution in [0.5, 0.6) is 11.6 Å². The Morgan fingerprint density at radius 3 is 2.69 bits per heavy atom. The zero-order valence-electron chi connectivity index (χ0n) is 13.8. The number of benzene rings is 2. The van der Waals surface area contributed by atoms with Gasteiger partial charge in [-0.15, -0.1) is 0 Å². The fourth-order valence-corrected chi connectivity index (χ4v) is 2.54. The Balaban J connectivity index is 1.69. The first kappa shape index (κ1) is 17.9. The molecule has 2 N–H and O–H groups in total. The quantitative estimate of drug-likeness (QED) is 0.690. The van der Waals surface area contributed by atoms with Gasteiger partial charge in [0.1, 0.15) is 11.3 Å². The minimum atomic E-state index is -0.797. The second-order valence-corrected chi connectivity index (χ2v) is 5.99. The zero-order chi connectivity index (χ0) is 18.4. The third kappa shape index (κ3) is 4.59. The summed E-state index contributed by atoms with van der Waals surface area (Å²) in [6, 6.07) is 19.2. The third-order valence-electron chi connectivity index (χ3n) is 3.67. The van der Waals surface area contributed by atoms with Crippen LogP contribution < -0.4 is 10.1 Å². The van der Waals surface area contributed by atoms with Gasteiger partial charge in [0.25, 0.3) is 5.91 Å². The van der Waals surface area contributed by atoms with Gasteiger partial charge in [0.05, 0.1) is 6.10 Å². The average molecular weight is 369 g/mol. The second kappa shape index (κ2) is 8.47. The minimum Gasteiger partial charge on any atom is -0.438 e. The molecule has 132 valence electrons. The van der Waals surface area contributed by atoms with Gasteiger partial charge in [0.2, 0.25) is 5.88 Å². The van der Waals surface area contributed by atoms with Gasteiger partial charge in [-0.05, 0) is 35.9 Å². The molecule has 0 fully saturated rings. The van der Waals surface area contributed by atoms with Crippen LogP contribution in [0.1, 0.15) is 22.0 Å². The summed E-state index contributed by atoms with van der Waals surface area (Å²) in [5.41, 5.74) is 1.00. The lowest BCUT2D eigenvalue weighted by atomic mass is 10.1. The van der Waals surface area contributed by atoms with Gasteiger partial charge < -0.3 is 15.2 Å². The topological polar surface area (TPSA) is 71.5 Å². The number of carbonyl (C=O) groups excluding carboxylic acids is 1. The van der Waals surface area contributed by atoms with E-state index in [1.54, 1.807) is 48.5 Å². The summed E-state index contributed by atoms with van der Waals surface area (Å²) >= 11 is 5.95. The van der Waals surface area contributed by atoms with Crippen LogP contribution in [0.25, 0.3) is 0 Å². The molecule has 0 spiro atoms. The SMILES string of the molecule is O=C(NCC(O)c1ccccc1)c1cccnc1Oc1cccc(Cl)c1. The molecule has 6 heteroatoms. The predicted octanol–water partition coefficient (Wildman–Crippen LogP) is 3.99. The Hall–Kier alpha value is -2.89. The minimum absolute atomic E-state index is 0.0777. The molecule has 2 aromatic carbocycles. The van der Waals surface area contributed by atoms with Crippen molar-refractivity contribution in [3.63, 3.8) is 0 Å². The number of hydrogen-bond acceptors (Lipinski definition) is 4. The summed E-state index contributed by atoms with van der Waals surface area (Å²) in [6.45, 7) is 0.0777. The van der Waals surface area contributed by atoms with Gasteiger partial charge in [0.15, 0.2) is 0 Å². The molecule has 0 radical (unpaired) electrons. The van der Waals surface area contributed by atoms with E-state index in [9.17, 15) is 9.90 Å². The van der Waals surface area contributed by atoms with Crippen LogP contribution >= 0.6 is 11.6 Å². The van der Waals surface area contributed by atoms with Crippen LogP contribution in [0.3, 0.4) is 0 Å². The largest absolute Gasteiger partial charge is 0.438 e. The van der Waals surface area contributed by atoms with Gasteiger partial charge >= 0.3 is 0 Å². The molecule has 1 aromatic heterocycles. The first-order valence-electron chi connectivity index (χ1n) is 8.03. The Bertz CT molecular complexity index is 887. The maximum absolute atomic E-state index is 12.5. The molecule has 3 aromatic rings. The number of amides is 1. The van der Waals surface area contributed by atoms with Crippen molar-refractivity contribution in [2.75, 3.05) is 6.54 Å². The molecule has 1 atom stereocenters. The normalized spacial score (nSPS) is 11.6. The smallest absolute Gasteiger partial charge is 0.256 e. The molecule has 0 bridgehead atoms. The molecule has 5 nitrogen and oxygen atoms in total. The van der Waals surface area contributed by atoms with E-state index in [0.717, 1.165) is 5.56 Å². The summed E-state index contributed by atoms with van der Waals surface area (Å²) in [5, 5.41) is 13.4. The van der Waals surface area contributed by atoms with Crippen molar-refractivity contribution in [1.82, 2.24) is 10.3 Å². The second-order valence-electron chi connectivity index (χ2n) is 5.55. The Morgan fingerprint density at radius 1 is 1.12 bits per heavy atom. The van der Waals surface area contributed by atoms with E-state index in [0.29, 0.717) is 10.8 Å². The number of halogens is 1. The van der Waals surface area contributed by atoms with E-state index in [1.807, 2.05) is 18.2 Å². The van der Waals surface area contributed by atoms with Crippen molar-refractivity contribution in [2.45, 2.75) is 6.10 Å². The van der Waals surface area contributed by atoms with E-state index >= 15 is 0 Å². The van der Waals surface area contributed by atoms with Crippen molar-refractivity contribution in [3.05, 3.63) is 89.1 Å². The zero-order valence-corrected chi connectivity index (χ0v) is 14.6. The van der Waals surface area contributed by atoms with Gasteiger partial charge in [-0.2, -0.15) is 0 Å². The van der Waals surface area contributed by atoms with Gasteiger partial charge in [-0.3, -0.25) is 4.79 Å². The molecule has 1 unspecified atom stereocenters. The van der Waals surface area contributed by atoms with Crippen LogP contribution in [0.15, 0.2) is 72.9 Å². The molecule has 0 aliphatic rings. The Kier molecular flexibility index (Phi) is 5.84. The number of hydrogen-bond donors (Lipinski definition) is 2. The first-order valence-corrected chi connectivity index (χ1v) is 8.41. The van der Waals surface area contributed by atoms with Crippen molar-refractivity contribution in [3.8, 4) is 11.6 Å². The summed E-state index contributed by atoms with van der Waals surface area (Å²) in [4.78, 5) is 16.6. The highest BCUT2D eigenvalue weighted by molar-refractivity contribution is 6.30. The van der Waals surface area contributed by atoms with E-state index in [-0.39, 0.29) is 23.9 Å². The number of aliphatic hydroxyl groups is 1. The Labute approximate surface area is 156 Å². The first-order chi connectivity index (χ1) is 12.6. The summed E-state index contributed by atoms with van der Waals surface area (Å²) in [6.07, 6.45) is 0.740. The number of aliphatic hydroxyl groups excluding tert-OH is 1. The molecule has 26 heavy (non-hydrogen) atoms. The number of nitrogens with zero attached hydrogens (tertiary/aromatic N) is 1. The fraction of sp³-hybridized carbons (Fsp3) is 0.100. The lowest BCUT2D eigenvalue weighted by molar-refractivity contribution is 0.0913. The maximum atomic E-state index is 12.5. The molecular weight excluding hydrogens is 352 g/mol. The van der Waals surface area contributed by atoms with Gasteiger partial charge in [-0.1, -0.05) is 48.0 Å². The van der Waals surface area contributed by atoms with Crippen LogP contribution in [-0.4, -0.2) is 22.5 Å². The third-order valence-corrected chi connectivity index (χ3v) is 3.90. The Morgan fingerprint density at radius 2 is 1.92 bits per heavy atom. The molecule has 0 aliphatic carbocycles. The van der Waals surface area contributed by atoms with Crippen LogP contribution in [0.4, 0.5) is 0 Å². The molecule has 1 heterocycles. The number of pyridine rings is 1. The maximum Gasteiger partial charge on any atom is 0.256 e. The lowest BCUT2D eigenvalue weighted by Gasteiger charge is -2.13.